The van der Waals surface area contributed by atoms with Gasteiger partial charge in [-0.1, -0.05) is 10.3 Å². The van der Waals surface area contributed by atoms with E-state index in [9.17, 15) is 24.0 Å². The van der Waals surface area contributed by atoms with Crippen LogP contribution in [0.15, 0.2) is 21.1 Å². The number of β-lactam (4-membered cyclic amide) rings is 1. The number of carbonyl (C=O) groups is 5. The predicted octanol–water partition coefficient (Wildman–Crippen LogP) is -0.118. The molecule has 0 saturated carbocycles. The highest BCUT2D eigenvalue weighted by atomic mass is 35.5. The molecular formula is C20H20Cl2N8O8S2. The molecule has 214 valence electrons. The maximum Gasteiger partial charge on any atom is 0.362 e. The van der Waals surface area contributed by atoms with Gasteiger partial charge in [-0.15, -0.1) is 45.9 Å². The second kappa shape index (κ2) is 14.5. The Hall–Kier alpha value is -3.87. The number of esters is 1. The fourth-order valence-corrected chi connectivity index (χ4v) is 4.51. The lowest BCUT2D eigenvalue weighted by molar-refractivity contribution is -0.143. The molecule has 2 aromatic rings. The number of nitrogens with one attached hydrogen (secondary N) is 4. The van der Waals surface area contributed by atoms with Crippen molar-refractivity contribution >= 4 is 97.2 Å². The van der Waals surface area contributed by atoms with Crippen LogP contribution in [-0.2, 0) is 38.4 Å². The molecule has 20 heteroatoms. The van der Waals surface area contributed by atoms with E-state index in [4.69, 9.17) is 37.6 Å². The first-order valence-corrected chi connectivity index (χ1v) is 13.7. The minimum atomic E-state index is -1.09. The van der Waals surface area contributed by atoms with Gasteiger partial charge in [-0.05, 0) is 0 Å². The number of ether oxygens (including phenoxy) is 1. The smallest absolute Gasteiger partial charge is 0.362 e. The van der Waals surface area contributed by atoms with E-state index in [-0.39, 0.29) is 51.4 Å². The van der Waals surface area contributed by atoms with E-state index < -0.39 is 41.7 Å². The van der Waals surface area contributed by atoms with Gasteiger partial charge >= 0.3 is 5.97 Å². The van der Waals surface area contributed by atoms with Gasteiger partial charge < -0.3 is 35.7 Å². The first-order chi connectivity index (χ1) is 19.2. The second-order valence-electron chi connectivity index (χ2n) is 7.35. The number of thiazole rings is 2. The van der Waals surface area contributed by atoms with E-state index in [0.29, 0.717) is 0 Å². The third-order valence-corrected chi connectivity index (χ3v) is 6.70. The van der Waals surface area contributed by atoms with Gasteiger partial charge in [-0.2, -0.15) is 0 Å². The van der Waals surface area contributed by atoms with Gasteiger partial charge in [-0.25, -0.2) is 14.8 Å². The summed E-state index contributed by atoms with van der Waals surface area (Å²) in [7, 11) is 2.42. The number of amides is 4. The molecule has 0 aliphatic carbocycles. The molecule has 1 fully saturated rings. The van der Waals surface area contributed by atoms with Crippen LogP contribution in [0.3, 0.4) is 0 Å². The number of nitrogens with zero attached hydrogens (tertiary/aromatic N) is 4. The van der Waals surface area contributed by atoms with Crippen LogP contribution in [0.25, 0.3) is 0 Å². The zero-order valence-corrected chi connectivity index (χ0v) is 23.7. The Labute approximate surface area is 243 Å². The molecule has 0 unspecified atom stereocenters. The van der Waals surface area contributed by atoms with Gasteiger partial charge in [0.05, 0.1) is 6.04 Å². The van der Waals surface area contributed by atoms with Gasteiger partial charge in [0.15, 0.2) is 16.0 Å². The van der Waals surface area contributed by atoms with Gasteiger partial charge in [0.25, 0.3) is 5.91 Å². The highest BCUT2D eigenvalue weighted by molar-refractivity contribution is 7.14. The van der Waals surface area contributed by atoms with E-state index in [2.05, 4.69) is 41.5 Å². The summed E-state index contributed by atoms with van der Waals surface area (Å²) in [5.41, 5.74) is -0.432. The molecule has 1 saturated heterocycles. The van der Waals surface area contributed by atoms with Crippen LogP contribution >= 0.6 is 45.9 Å². The molecule has 0 radical (unpaired) electrons. The van der Waals surface area contributed by atoms with Crippen molar-refractivity contribution in [2.24, 2.45) is 10.3 Å². The van der Waals surface area contributed by atoms with E-state index >= 15 is 0 Å². The van der Waals surface area contributed by atoms with Crippen molar-refractivity contribution in [2.45, 2.75) is 12.1 Å². The molecular weight excluding hydrogens is 615 g/mol. The lowest BCUT2D eigenvalue weighted by Crippen LogP contribution is -2.71. The van der Waals surface area contributed by atoms with Crippen LogP contribution in [0.1, 0.15) is 11.4 Å². The summed E-state index contributed by atoms with van der Waals surface area (Å²) in [5.74, 6) is -3.84. The van der Waals surface area contributed by atoms with Crippen LogP contribution in [0.4, 0.5) is 10.3 Å². The van der Waals surface area contributed by atoms with Crippen molar-refractivity contribution in [3.05, 3.63) is 22.1 Å². The number of halogens is 2. The van der Waals surface area contributed by atoms with Crippen molar-refractivity contribution in [3.8, 4) is 0 Å². The number of oxime groups is 2. The average Bonchev–Trinajstić information content (AvgIpc) is 3.60. The summed E-state index contributed by atoms with van der Waals surface area (Å²) >= 11 is 13.0. The van der Waals surface area contributed by atoms with E-state index in [1.165, 1.54) is 25.0 Å². The molecule has 0 bridgehead atoms. The molecule has 0 spiro atoms. The molecule has 4 N–H and O–H groups in total. The molecule has 4 amide bonds. The van der Waals surface area contributed by atoms with Crippen LogP contribution in [0.2, 0.25) is 0 Å². The minimum absolute atomic E-state index is 0.0644. The lowest BCUT2D eigenvalue weighted by Gasteiger charge is -2.36. The standard InChI is InChI=1S/C20H20Cl2N8O8S2/c1-36-29-14(9-6-39-19(24-9)26-11(31)3-21)17(34)28-13-8(23-16(13)33)5-38-18(35)15(30-37-2)10-7-40-20(25-10)27-12(32)4-22/h6-8,13H,3-5H2,1-2H3,(H,23,33)(H,28,34)(H,24,26,31)(H,25,27,32)/b29-14-,30-15-/t8-,13+/m1/s1. The maximum atomic E-state index is 12.9. The molecule has 3 heterocycles. The van der Waals surface area contributed by atoms with Gasteiger partial charge in [0.2, 0.25) is 23.4 Å². The number of anilines is 2. The van der Waals surface area contributed by atoms with Crippen LogP contribution < -0.4 is 21.3 Å². The Morgan fingerprint density at radius 1 is 0.950 bits per heavy atom. The van der Waals surface area contributed by atoms with Crippen LogP contribution in [0.5, 0.6) is 0 Å². The number of aromatic nitrogens is 2. The summed E-state index contributed by atoms with van der Waals surface area (Å²) in [6.07, 6.45) is 0. The van der Waals surface area contributed by atoms with E-state index in [1.54, 1.807) is 0 Å². The quantitative estimate of drug-likeness (QED) is 0.0754. The molecule has 1 aliphatic heterocycles. The Bertz CT molecular complexity index is 1350. The third kappa shape index (κ3) is 7.84. The zero-order valence-electron chi connectivity index (χ0n) is 20.6. The number of alkyl halides is 2. The van der Waals surface area contributed by atoms with Crippen molar-refractivity contribution in [2.75, 3.05) is 43.2 Å². The van der Waals surface area contributed by atoms with Crippen molar-refractivity contribution in [1.29, 1.82) is 0 Å². The molecule has 2 atom stereocenters. The van der Waals surface area contributed by atoms with Gasteiger partial charge in [0, 0.05) is 10.8 Å². The average molecular weight is 635 g/mol. The summed E-state index contributed by atoms with van der Waals surface area (Å²) < 4.78 is 5.25. The Morgan fingerprint density at radius 3 is 1.98 bits per heavy atom. The van der Waals surface area contributed by atoms with Crippen molar-refractivity contribution < 1.29 is 38.4 Å². The van der Waals surface area contributed by atoms with E-state index in [0.717, 1.165) is 22.7 Å². The summed E-state index contributed by atoms with van der Waals surface area (Å²) in [6, 6.07) is -1.88. The third-order valence-electron chi connectivity index (χ3n) is 4.70. The molecule has 16 nitrogen and oxygen atoms in total. The Balaban J connectivity index is 1.63. The molecule has 40 heavy (non-hydrogen) atoms. The summed E-state index contributed by atoms with van der Waals surface area (Å²) in [5, 5.41) is 20.4. The maximum absolute atomic E-state index is 12.9. The summed E-state index contributed by atoms with van der Waals surface area (Å²) in [4.78, 5) is 78.3. The number of rotatable bonds is 13. The predicted molar refractivity (Wildman–Crippen MR) is 145 cm³/mol. The Kier molecular flexibility index (Phi) is 11.1. The highest BCUT2D eigenvalue weighted by Gasteiger charge is 2.42. The number of carbonyl (C=O) groups excluding carboxylic acids is 5. The number of hydrogen-bond donors (Lipinski definition) is 4. The Morgan fingerprint density at radius 2 is 1.48 bits per heavy atom. The SMILES string of the molecule is CO/N=C(\C(=O)N[C@@H]1C(=O)N[C@@H]1COC(=O)/C(=N\OC)c1csc(NC(=O)CCl)n1)c1csc(NC(=O)CCl)n1. The molecule has 2 aromatic heterocycles. The lowest BCUT2D eigenvalue weighted by atomic mass is 9.99. The van der Waals surface area contributed by atoms with Gasteiger partial charge in [0.1, 0.15) is 50.0 Å². The van der Waals surface area contributed by atoms with Crippen LogP contribution in [0, 0.1) is 0 Å². The fourth-order valence-electron chi connectivity index (χ4n) is 2.95. The van der Waals surface area contributed by atoms with Gasteiger partial charge in [-0.3, -0.25) is 19.2 Å². The molecule has 3 rings (SSSR count). The molecule has 1 aliphatic rings. The topological polar surface area (TPSA) is 212 Å². The zero-order chi connectivity index (χ0) is 29.2. The second-order valence-corrected chi connectivity index (χ2v) is 9.60. The van der Waals surface area contributed by atoms with Crippen molar-refractivity contribution in [1.82, 2.24) is 20.6 Å². The van der Waals surface area contributed by atoms with Crippen LogP contribution in [-0.4, -0.2) is 95.7 Å². The highest BCUT2D eigenvalue weighted by Crippen LogP contribution is 2.19. The monoisotopic (exact) mass is 634 g/mol. The number of hydrogen-bond acceptors (Lipinski definition) is 14. The summed E-state index contributed by atoms with van der Waals surface area (Å²) in [6.45, 7) is -0.347. The normalized spacial score (nSPS) is 16.8. The fraction of sp³-hybridized carbons (Fsp3) is 0.350. The first-order valence-electron chi connectivity index (χ1n) is 10.8. The first kappa shape index (κ1) is 30.7. The minimum Gasteiger partial charge on any atom is -0.459 e. The molecule has 0 aromatic carbocycles. The van der Waals surface area contributed by atoms with E-state index in [1.807, 2.05) is 0 Å². The van der Waals surface area contributed by atoms with Crippen molar-refractivity contribution in [3.63, 3.8) is 0 Å². The largest absolute Gasteiger partial charge is 0.459 e.